The number of hydrogen-bond acceptors (Lipinski definition) is 1. The zero-order valence-electron chi connectivity index (χ0n) is 13.0. The van der Waals surface area contributed by atoms with Crippen molar-refractivity contribution < 1.29 is 0 Å². The van der Waals surface area contributed by atoms with Gasteiger partial charge in [-0.2, -0.15) is 0 Å². The first-order valence-corrected chi connectivity index (χ1v) is 8.43. The molecular formula is C19H27N. The first-order valence-electron chi connectivity index (χ1n) is 8.43. The third kappa shape index (κ3) is 1.79. The van der Waals surface area contributed by atoms with Crippen LogP contribution in [0.2, 0.25) is 0 Å². The zero-order chi connectivity index (χ0) is 13.9. The summed E-state index contributed by atoms with van der Waals surface area (Å²) in [5, 5.41) is 3.66. The normalized spacial score (nSPS) is 38.9. The summed E-state index contributed by atoms with van der Waals surface area (Å²) in [5.41, 5.74) is 4.53. The molecule has 3 aliphatic carbocycles. The van der Waals surface area contributed by atoms with Gasteiger partial charge in [0.1, 0.15) is 0 Å². The SMILES string of the molecule is CNC(Cc1c(C)cccc1C)C1C2C3CCC(C3)C21. The van der Waals surface area contributed by atoms with Crippen LogP contribution in [0.25, 0.3) is 0 Å². The Balaban J connectivity index is 1.53. The van der Waals surface area contributed by atoms with E-state index in [0.717, 1.165) is 29.6 Å². The second kappa shape index (κ2) is 4.59. The second-order valence-electron chi connectivity index (χ2n) is 7.53. The Morgan fingerprint density at radius 3 is 2.25 bits per heavy atom. The van der Waals surface area contributed by atoms with Crippen molar-refractivity contribution in [3.05, 3.63) is 34.9 Å². The predicted molar refractivity (Wildman–Crippen MR) is 83.8 cm³/mol. The van der Waals surface area contributed by atoms with Crippen LogP contribution in [0.1, 0.15) is 36.0 Å². The number of aryl methyl sites for hydroxylation is 2. The molecule has 3 fully saturated rings. The van der Waals surface area contributed by atoms with Crippen molar-refractivity contribution in [1.82, 2.24) is 5.32 Å². The molecule has 3 aliphatic rings. The summed E-state index contributed by atoms with van der Waals surface area (Å²) in [6.07, 6.45) is 5.85. The van der Waals surface area contributed by atoms with Crippen molar-refractivity contribution in [3.63, 3.8) is 0 Å². The van der Waals surface area contributed by atoms with Crippen LogP contribution in [0.4, 0.5) is 0 Å². The number of rotatable bonds is 4. The predicted octanol–water partition coefficient (Wildman–Crippen LogP) is 3.73. The average Bonchev–Trinajstić information content (AvgIpc) is 2.87. The smallest absolute Gasteiger partial charge is 0.0139 e. The van der Waals surface area contributed by atoms with Gasteiger partial charge in [-0.1, -0.05) is 18.2 Å². The van der Waals surface area contributed by atoms with Gasteiger partial charge in [-0.3, -0.25) is 0 Å². The van der Waals surface area contributed by atoms with Crippen molar-refractivity contribution in [2.24, 2.45) is 29.6 Å². The maximum Gasteiger partial charge on any atom is 0.0139 e. The van der Waals surface area contributed by atoms with Crippen LogP contribution in [0.15, 0.2) is 18.2 Å². The highest BCUT2D eigenvalue weighted by Gasteiger charge is 2.66. The summed E-state index contributed by atoms with van der Waals surface area (Å²) in [6, 6.07) is 7.43. The van der Waals surface area contributed by atoms with Gasteiger partial charge < -0.3 is 5.32 Å². The minimum Gasteiger partial charge on any atom is -0.316 e. The lowest BCUT2D eigenvalue weighted by Gasteiger charge is -2.22. The molecule has 20 heavy (non-hydrogen) atoms. The first-order chi connectivity index (χ1) is 9.70. The maximum atomic E-state index is 3.66. The molecule has 0 heterocycles. The van der Waals surface area contributed by atoms with E-state index in [1.807, 2.05) is 0 Å². The molecule has 4 rings (SSSR count). The van der Waals surface area contributed by atoms with E-state index in [4.69, 9.17) is 0 Å². The van der Waals surface area contributed by atoms with Gasteiger partial charge in [0.2, 0.25) is 0 Å². The standard InChI is InChI=1S/C19H27N/c1-11-5-4-6-12(2)15(11)10-16(20-3)19-17-13-7-8-14(9-13)18(17)19/h4-6,13-14,16-20H,7-10H2,1-3H3. The van der Waals surface area contributed by atoms with Crippen molar-refractivity contribution in [3.8, 4) is 0 Å². The fourth-order valence-corrected chi connectivity index (χ4v) is 5.75. The number of fused-ring (bicyclic) bond motifs is 5. The summed E-state index contributed by atoms with van der Waals surface area (Å²) >= 11 is 0. The Morgan fingerprint density at radius 2 is 1.70 bits per heavy atom. The third-order valence-corrected chi connectivity index (χ3v) is 6.70. The molecule has 1 N–H and O–H groups in total. The molecule has 0 radical (unpaired) electrons. The first kappa shape index (κ1) is 12.9. The summed E-state index contributed by atoms with van der Waals surface area (Å²) in [6.45, 7) is 4.54. The molecule has 1 aromatic rings. The highest BCUT2D eigenvalue weighted by atomic mass is 14.9. The summed E-state index contributed by atoms with van der Waals surface area (Å²) in [7, 11) is 2.17. The molecule has 0 aliphatic heterocycles. The molecule has 1 nitrogen and oxygen atoms in total. The molecule has 5 unspecified atom stereocenters. The molecule has 0 saturated heterocycles. The average molecular weight is 269 g/mol. The minimum atomic E-state index is 0.702. The summed E-state index contributed by atoms with van der Waals surface area (Å²) in [5.74, 6) is 5.31. The van der Waals surface area contributed by atoms with Gasteiger partial charge in [-0.25, -0.2) is 0 Å². The van der Waals surface area contributed by atoms with Gasteiger partial charge in [-0.05, 0) is 92.9 Å². The Hall–Kier alpha value is -0.820. The molecule has 0 aromatic heterocycles. The van der Waals surface area contributed by atoms with Gasteiger partial charge in [-0.15, -0.1) is 0 Å². The largest absolute Gasteiger partial charge is 0.316 e. The third-order valence-electron chi connectivity index (χ3n) is 6.70. The van der Waals surface area contributed by atoms with Gasteiger partial charge in [0.25, 0.3) is 0 Å². The second-order valence-corrected chi connectivity index (χ2v) is 7.53. The fraction of sp³-hybridized carbons (Fsp3) is 0.684. The van der Waals surface area contributed by atoms with E-state index < -0.39 is 0 Å². The van der Waals surface area contributed by atoms with E-state index in [1.54, 1.807) is 12.0 Å². The van der Waals surface area contributed by atoms with E-state index >= 15 is 0 Å². The van der Waals surface area contributed by atoms with Crippen LogP contribution in [0.3, 0.4) is 0 Å². The van der Waals surface area contributed by atoms with Gasteiger partial charge >= 0.3 is 0 Å². The molecule has 0 amide bonds. The van der Waals surface area contributed by atoms with Crippen molar-refractivity contribution in [1.29, 1.82) is 0 Å². The molecule has 0 spiro atoms. The van der Waals surface area contributed by atoms with E-state index in [2.05, 4.69) is 44.4 Å². The lowest BCUT2D eigenvalue weighted by Crippen LogP contribution is -2.33. The van der Waals surface area contributed by atoms with Crippen LogP contribution in [-0.2, 0) is 6.42 Å². The molecule has 1 aromatic carbocycles. The quantitative estimate of drug-likeness (QED) is 0.878. The monoisotopic (exact) mass is 269 g/mol. The summed E-state index contributed by atoms with van der Waals surface area (Å²) in [4.78, 5) is 0. The Kier molecular flexibility index (Phi) is 2.96. The van der Waals surface area contributed by atoms with Crippen LogP contribution < -0.4 is 5.32 Å². The highest BCUT2D eigenvalue weighted by molar-refractivity contribution is 5.35. The Bertz CT molecular complexity index is 484. The van der Waals surface area contributed by atoms with E-state index in [-0.39, 0.29) is 0 Å². The molecule has 108 valence electrons. The Labute approximate surface area is 123 Å². The van der Waals surface area contributed by atoms with Crippen LogP contribution >= 0.6 is 0 Å². The van der Waals surface area contributed by atoms with Crippen LogP contribution in [0.5, 0.6) is 0 Å². The Morgan fingerprint density at radius 1 is 1.10 bits per heavy atom. The molecule has 5 atom stereocenters. The van der Waals surface area contributed by atoms with E-state index in [1.165, 1.54) is 30.4 Å². The molecule has 2 bridgehead atoms. The molecular weight excluding hydrogens is 242 g/mol. The molecule has 1 heteroatoms. The van der Waals surface area contributed by atoms with Crippen LogP contribution in [-0.4, -0.2) is 13.1 Å². The van der Waals surface area contributed by atoms with Gasteiger partial charge in [0.05, 0.1) is 0 Å². The van der Waals surface area contributed by atoms with Gasteiger partial charge in [0, 0.05) is 6.04 Å². The fourth-order valence-electron chi connectivity index (χ4n) is 5.75. The summed E-state index contributed by atoms with van der Waals surface area (Å²) < 4.78 is 0. The lowest BCUT2D eigenvalue weighted by molar-refractivity contribution is 0.376. The van der Waals surface area contributed by atoms with Crippen LogP contribution in [0, 0.1) is 43.4 Å². The van der Waals surface area contributed by atoms with Crippen molar-refractivity contribution >= 4 is 0 Å². The number of benzene rings is 1. The van der Waals surface area contributed by atoms with Crippen molar-refractivity contribution in [2.45, 2.75) is 45.6 Å². The highest BCUT2D eigenvalue weighted by Crippen LogP contribution is 2.70. The van der Waals surface area contributed by atoms with E-state index in [9.17, 15) is 0 Å². The lowest BCUT2D eigenvalue weighted by atomic mass is 9.90. The van der Waals surface area contributed by atoms with Crippen molar-refractivity contribution in [2.75, 3.05) is 7.05 Å². The van der Waals surface area contributed by atoms with Gasteiger partial charge in [0.15, 0.2) is 0 Å². The number of nitrogens with one attached hydrogen (secondary N) is 1. The topological polar surface area (TPSA) is 12.0 Å². The zero-order valence-corrected chi connectivity index (χ0v) is 13.0. The number of hydrogen-bond donors (Lipinski definition) is 1. The minimum absolute atomic E-state index is 0.702. The molecule has 3 saturated carbocycles. The maximum absolute atomic E-state index is 3.66. The van der Waals surface area contributed by atoms with E-state index in [0.29, 0.717) is 6.04 Å². The number of likely N-dealkylation sites (N-methyl/N-ethyl adjacent to an activating group) is 1.